The van der Waals surface area contributed by atoms with Crippen LogP contribution in [0.2, 0.25) is 0 Å². The summed E-state index contributed by atoms with van der Waals surface area (Å²) in [6.07, 6.45) is 5.86. The van der Waals surface area contributed by atoms with Gasteiger partial charge in [0.05, 0.1) is 12.7 Å². The smallest absolute Gasteiger partial charge is 0.251 e. The van der Waals surface area contributed by atoms with E-state index in [1.54, 1.807) is 7.11 Å². The van der Waals surface area contributed by atoms with Gasteiger partial charge in [-0.3, -0.25) is 4.79 Å². The Kier molecular flexibility index (Phi) is 4.90. The molecule has 23 heavy (non-hydrogen) atoms. The molecule has 1 heterocycles. The van der Waals surface area contributed by atoms with Crippen molar-refractivity contribution in [3.63, 3.8) is 0 Å². The summed E-state index contributed by atoms with van der Waals surface area (Å²) in [5.41, 5.74) is 0.724. The topological polar surface area (TPSA) is 77.2 Å². The number of methoxy groups -OCH3 is 1. The van der Waals surface area contributed by atoms with Crippen molar-refractivity contribution in [1.82, 2.24) is 15.5 Å². The normalized spacial score (nSPS) is 15.3. The van der Waals surface area contributed by atoms with Crippen LogP contribution in [0.15, 0.2) is 28.7 Å². The van der Waals surface area contributed by atoms with Gasteiger partial charge in [-0.25, -0.2) is 0 Å². The van der Waals surface area contributed by atoms with Gasteiger partial charge in [0.25, 0.3) is 5.89 Å². The van der Waals surface area contributed by atoms with E-state index >= 15 is 0 Å². The molecule has 0 unspecified atom stereocenters. The first-order chi connectivity index (χ1) is 11.3. The van der Waals surface area contributed by atoms with Crippen molar-refractivity contribution in [3.8, 4) is 17.2 Å². The molecule has 1 aromatic heterocycles. The molecule has 6 nitrogen and oxygen atoms in total. The summed E-state index contributed by atoms with van der Waals surface area (Å²) < 4.78 is 10.9. The Morgan fingerprint density at radius 1 is 1.26 bits per heavy atom. The first-order valence-electron chi connectivity index (χ1n) is 8.01. The van der Waals surface area contributed by atoms with Crippen LogP contribution >= 0.6 is 0 Å². The summed E-state index contributed by atoms with van der Waals surface area (Å²) >= 11 is 0. The number of carbonyl (C=O) groups is 1. The minimum Gasteiger partial charge on any atom is -0.496 e. The molecular formula is C17H21N3O3. The third-order valence-electron chi connectivity index (χ3n) is 4.09. The van der Waals surface area contributed by atoms with Crippen molar-refractivity contribution in [3.05, 3.63) is 30.2 Å². The zero-order chi connectivity index (χ0) is 16.1. The Labute approximate surface area is 135 Å². The molecular weight excluding hydrogens is 294 g/mol. The summed E-state index contributed by atoms with van der Waals surface area (Å²) in [5, 5.41) is 11.0. The molecule has 1 aromatic carbocycles. The number of aromatic nitrogens is 2. The fourth-order valence-electron chi connectivity index (χ4n) is 2.92. The molecule has 0 aliphatic heterocycles. The molecule has 0 spiro atoms. The second-order valence-corrected chi connectivity index (χ2v) is 5.78. The summed E-state index contributed by atoms with van der Waals surface area (Å²) in [4.78, 5) is 12.1. The SMILES string of the molecule is COc1ccccc1-c1nnc(CC(=O)NC2CCCCC2)o1. The molecule has 3 rings (SSSR count). The monoisotopic (exact) mass is 315 g/mol. The maximum atomic E-state index is 12.1. The first kappa shape index (κ1) is 15.5. The molecule has 2 aromatic rings. The van der Waals surface area contributed by atoms with Crippen molar-refractivity contribution in [2.24, 2.45) is 0 Å². The summed E-state index contributed by atoms with van der Waals surface area (Å²) in [5.74, 6) is 1.28. The van der Waals surface area contributed by atoms with Crippen molar-refractivity contribution in [2.75, 3.05) is 7.11 Å². The number of nitrogens with zero attached hydrogens (tertiary/aromatic N) is 2. The standard InChI is InChI=1S/C17H21N3O3/c1-22-14-10-6-5-9-13(14)17-20-19-16(23-17)11-15(21)18-12-7-3-2-4-8-12/h5-6,9-10,12H,2-4,7-8,11H2,1H3,(H,18,21). The molecule has 6 heteroatoms. The third kappa shape index (κ3) is 3.88. The lowest BCUT2D eigenvalue weighted by molar-refractivity contribution is -0.121. The van der Waals surface area contributed by atoms with Gasteiger partial charge >= 0.3 is 0 Å². The van der Waals surface area contributed by atoms with Crippen LogP contribution in [-0.2, 0) is 11.2 Å². The van der Waals surface area contributed by atoms with E-state index in [4.69, 9.17) is 9.15 Å². The highest BCUT2D eigenvalue weighted by Gasteiger charge is 2.19. The summed E-state index contributed by atoms with van der Waals surface area (Å²) in [6.45, 7) is 0. The van der Waals surface area contributed by atoms with Gasteiger partial charge < -0.3 is 14.5 Å². The number of carbonyl (C=O) groups excluding carboxylic acids is 1. The molecule has 1 amide bonds. The highest BCUT2D eigenvalue weighted by Crippen LogP contribution is 2.28. The van der Waals surface area contributed by atoms with Gasteiger partial charge in [-0.05, 0) is 25.0 Å². The molecule has 122 valence electrons. The Morgan fingerprint density at radius 2 is 2.04 bits per heavy atom. The van der Waals surface area contributed by atoms with E-state index in [2.05, 4.69) is 15.5 Å². The van der Waals surface area contributed by atoms with E-state index in [1.807, 2.05) is 24.3 Å². The molecule has 0 saturated heterocycles. The number of benzene rings is 1. The number of nitrogens with one attached hydrogen (secondary N) is 1. The van der Waals surface area contributed by atoms with Gasteiger partial charge in [0, 0.05) is 6.04 Å². The summed E-state index contributed by atoms with van der Waals surface area (Å²) in [7, 11) is 1.59. The van der Waals surface area contributed by atoms with Gasteiger partial charge in [-0.1, -0.05) is 31.4 Å². The summed E-state index contributed by atoms with van der Waals surface area (Å²) in [6, 6.07) is 7.70. The lowest BCUT2D eigenvalue weighted by Crippen LogP contribution is -2.37. The van der Waals surface area contributed by atoms with Crippen molar-refractivity contribution >= 4 is 5.91 Å². The van der Waals surface area contributed by atoms with E-state index in [0.29, 0.717) is 17.5 Å². The molecule has 0 radical (unpaired) electrons. The highest BCUT2D eigenvalue weighted by atomic mass is 16.5. The average Bonchev–Trinajstić information content (AvgIpc) is 3.03. The Bertz CT molecular complexity index is 663. The molecule has 0 bridgehead atoms. The van der Waals surface area contributed by atoms with Crippen LogP contribution in [0.4, 0.5) is 0 Å². The number of amides is 1. The molecule has 1 saturated carbocycles. The van der Waals surface area contributed by atoms with E-state index in [1.165, 1.54) is 19.3 Å². The fraction of sp³-hybridized carbons (Fsp3) is 0.471. The van der Waals surface area contributed by atoms with Gasteiger partial charge in [0.1, 0.15) is 12.2 Å². The lowest BCUT2D eigenvalue weighted by atomic mass is 9.95. The molecule has 1 aliphatic carbocycles. The average molecular weight is 315 g/mol. The van der Waals surface area contributed by atoms with Gasteiger partial charge in [-0.2, -0.15) is 0 Å². The number of ether oxygens (including phenoxy) is 1. The van der Waals surface area contributed by atoms with E-state index < -0.39 is 0 Å². The number of rotatable bonds is 5. The maximum absolute atomic E-state index is 12.1. The van der Waals surface area contributed by atoms with E-state index in [9.17, 15) is 4.79 Å². The number of hydrogen-bond acceptors (Lipinski definition) is 5. The molecule has 1 aliphatic rings. The first-order valence-corrected chi connectivity index (χ1v) is 8.01. The predicted octanol–water partition coefficient (Wildman–Crippen LogP) is 2.74. The van der Waals surface area contributed by atoms with Gasteiger partial charge in [0.15, 0.2) is 0 Å². The van der Waals surface area contributed by atoms with Crippen LogP contribution in [0.1, 0.15) is 38.0 Å². The van der Waals surface area contributed by atoms with Crippen LogP contribution in [0.5, 0.6) is 5.75 Å². The van der Waals surface area contributed by atoms with Crippen LogP contribution in [0, 0.1) is 0 Å². The van der Waals surface area contributed by atoms with Crippen molar-refractivity contribution in [1.29, 1.82) is 0 Å². The zero-order valence-electron chi connectivity index (χ0n) is 13.2. The molecule has 1 fully saturated rings. The van der Waals surface area contributed by atoms with Gasteiger partial charge in [0.2, 0.25) is 11.8 Å². The largest absolute Gasteiger partial charge is 0.496 e. The molecule has 1 N–H and O–H groups in total. The predicted molar refractivity (Wildman–Crippen MR) is 85.0 cm³/mol. The van der Waals surface area contributed by atoms with Crippen LogP contribution in [-0.4, -0.2) is 29.3 Å². The van der Waals surface area contributed by atoms with Crippen LogP contribution < -0.4 is 10.1 Å². The number of para-hydroxylation sites is 1. The fourth-order valence-corrected chi connectivity index (χ4v) is 2.92. The lowest BCUT2D eigenvalue weighted by Gasteiger charge is -2.22. The van der Waals surface area contributed by atoms with Crippen LogP contribution in [0.25, 0.3) is 11.5 Å². The maximum Gasteiger partial charge on any atom is 0.251 e. The van der Waals surface area contributed by atoms with Crippen molar-refractivity contribution < 1.29 is 13.9 Å². The van der Waals surface area contributed by atoms with E-state index in [-0.39, 0.29) is 18.4 Å². The van der Waals surface area contributed by atoms with E-state index in [0.717, 1.165) is 18.4 Å². The third-order valence-corrected chi connectivity index (χ3v) is 4.09. The Balaban J connectivity index is 1.63. The minimum absolute atomic E-state index is 0.0628. The van der Waals surface area contributed by atoms with Crippen LogP contribution in [0.3, 0.4) is 0 Å². The zero-order valence-corrected chi connectivity index (χ0v) is 13.2. The molecule has 0 atom stereocenters. The van der Waals surface area contributed by atoms with Crippen molar-refractivity contribution in [2.45, 2.75) is 44.6 Å². The second-order valence-electron chi connectivity index (χ2n) is 5.78. The van der Waals surface area contributed by atoms with Gasteiger partial charge in [-0.15, -0.1) is 10.2 Å². The minimum atomic E-state index is -0.0628. The highest BCUT2D eigenvalue weighted by molar-refractivity contribution is 5.78. The quantitative estimate of drug-likeness (QED) is 0.918. The second kappa shape index (κ2) is 7.26. The Hall–Kier alpha value is -2.37. The number of hydrogen-bond donors (Lipinski definition) is 1. The Morgan fingerprint density at radius 3 is 2.83 bits per heavy atom.